The minimum Gasteiger partial charge on any atom is -0.493 e. The number of ether oxygens (including phenoxy) is 1. The molecule has 5 nitrogen and oxygen atoms in total. The highest BCUT2D eigenvalue weighted by Gasteiger charge is 2.23. The van der Waals surface area contributed by atoms with Crippen molar-refractivity contribution >= 4 is 27.6 Å². The van der Waals surface area contributed by atoms with E-state index in [4.69, 9.17) is 9.15 Å². The molecule has 2 aromatic carbocycles. The lowest BCUT2D eigenvalue weighted by Crippen LogP contribution is -2.50. The molecular weight excluding hydrogens is 374 g/mol. The topological polar surface area (TPSA) is 41.7 Å². The van der Waals surface area contributed by atoms with Gasteiger partial charge in [0.2, 0.25) is 0 Å². The molecule has 0 N–H and O–H groups in total. The normalized spacial score (nSPS) is 16.3. The number of pyridine rings is 1. The lowest BCUT2D eigenvalue weighted by molar-refractivity contribution is 0.196. The zero-order chi connectivity index (χ0) is 20.5. The number of benzene rings is 2. The molecule has 30 heavy (non-hydrogen) atoms. The standard InChI is InChI=1S/C25H27N3O2/c1-18(16-20-17-30-25-21(20)8-4-10-23(25)29-2)27-12-14-28(15-13-27)22-9-3-6-19-7-5-11-26-24(19)22/h3-11,17-18H,12-16H2,1-2H3. The van der Waals surface area contributed by atoms with Gasteiger partial charge in [-0.3, -0.25) is 9.88 Å². The molecule has 154 valence electrons. The molecule has 0 spiro atoms. The quantitative estimate of drug-likeness (QED) is 0.483. The first kappa shape index (κ1) is 18.9. The molecule has 1 saturated heterocycles. The van der Waals surface area contributed by atoms with Gasteiger partial charge in [-0.2, -0.15) is 0 Å². The SMILES string of the molecule is COc1cccc2c(CC(C)N3CCN(c4cccc5cccnc45)CC3)coc12. The van der Waals surface area contributed by atoms with Crippen molar-refractivity contribution in [2.75, 3.05) is 38.2 Å². The molecule has 0 radical (unpaired) electrons. The number of furan rings is 1. The van der Waals surface area contributed by atoms with Crippen LogP contribution in [0.4, 0.5) is 5.69 Å². The van der Waals surface area contributed by atoms with E-state index >= 15 is 0 Å². The Morgan fingerprint density at radius 3 is 2.67 bits per heavy atom. The van der Waals surface area contributed by atoms with Crippen LogP contribution < -0.4 is 9.64 Å². The fourth-order valence-electron chi connectivity index (χ4n) is 4.60. The lowest BCUT2D eigenvalue weighted by atomic mass is 10.0. The van der Waals surface area contributed by atoms with Gasteiger partial charge in [-0.15, -0.1) is 0 Å². The number of nitrogens with zero attached hydrogens (tertiary/aromatic N) is 3. The van der Waals surface area contributed by atoms with Crippen LogP contribution in [0.3, 0.4) is 0 Å². The Bertz CT molecular complexity index is 1160. The second kappa shape index (κ2) is 8.00. The molecule has 0 saturated carbocycles. The van der Waals surface area contributed by atoms with Crippen molar-refractivity contribution in [2.24, 2.45) is 0 Å². The molecule has 1 aliphatic rings. The summed E-state index contributed by atoms with van der Waals surface area (Å²) in [5.74, 6) is 0.795. The van der Waals surface area contributed by atoms with E-state index in [1.54, 1.807) is 7.11 Å². The van der Waals surface area contributed by atoms with Gasteiger partial charge in [0.1, 0.15) is 0 Å². The predicted molar refractivity (Wildman–Crippen MR) is 121 cm³/mol. The molecule has 5 rings (SSSR count). The molecule has 5 heteroatoms. The average Bonchev–Trinajstić information content (AvgIpc) is 3.21. The number of hydrogen-bond donors (Lipinski definition) is 0. The summed E-state index contributed by atoms with van der Waals surface area (Å²) in [6.45, 7) is 6.43. The minimum atomic E-state index is 0.449. The van der Waals surface area contributed by atoms with Crippen LogP contribution in [0.1, 0.15) is 12.5 Å². The first-order valence-electron chi connectivity index (χ1n) is 10.6. The fourth-order valence-corrected chi connectivity index (χ4v) is 4.60. The number of piperazine rings is 1. The van der Waals surface area contributed by atoms with Crippen LogP contribution in [0.5, 0.6) is 5.75 Å². The van der Waals surface area contributed by atoms with Crippen LogP contribution in [-0.2, 0) is 6.42 Å². The van der Waals surface area contributed by atoms with Crippen LogP contribution in [0, 0.1) is 0 Å². The van der Waals surface area contributed by atoms with Crippen molar-refractivity contribution in [3.63, 3.8) is 0 Å². The summed E-state index contributed by atoms with van der Waals surface area (Å²) in [5.41, 5.74) is 4.43. The predicted octanol–water partition coefficient (Wildman–Crippen LogP) is 4.74. The Balaban J connectivity index is 1.28. The molecule has 1 unspecified atom stereocenters. The Hall–Kier alpha value is -3.05. The summed E-state index contributed by atoms with van der Waals surface area (Å²) < 4.78 is 11.2. The maximum absolute atomic E-state index is 5.82. The van der Waals surface area contributed by atoms with Crippen molar-refractivity contribution in [2.45, 2.75) is 19.4 Å². The number of rotatable bonds is 5. The molecule has 0 aliphatic carbocycles. The van der Waals surface area contributed by atoms with Gasteiger partial charge in [-0.25, -0.2) is 0 Å². The maximum atomic E-state index is 5.82. The number of para-hydroxylation sites is 2. The molecular formula is C25H27N3O2. The highest BCUT2D eigenvalue weighted by Crippen LogP contribution is 2.31. The number of fused-ring (bicyclic) bond motifs is 2. The van der Waals surface area contributed by atoms with Crippen molar-refractivity contribution in [1.82, 2.24) is 9.88 Å². The van der Waals surface area contributed by atoms with E-state index in [9.17, 15) is 0 Å². The monoisotopic (exact) mass is 401 g/mol. The van der Waals surface area contributed by atoms with Crippen LogP contribution >= 0.6 is 0 Å². The zero-order valence-electron chi connectivity index (χ0n) is 17.5. The number of hydrogen-bond acceptors (Lipinski definition) is 5. The molecule has 2 aromatic heterocycles. The molecule has 1 fully saturated rings. The second-order valence-electron chi connectivity index (χ2n) is 8.03. The highest BCUT2D eigenvalue weighted by atomic mass is 16.5. The van der Waals surface area contributed by atoms with E-state index in [1.165, 1.54) is 16.6 Å². The third-order valence-electron chi connectivity index (χ3n) is 6.27. The molecule has 4 aromatic rings. The Kier molecular flexibility index (Phi) is 5.05. The molecule has 1 atom stereocenters. The van der Waals surface area contributed by atoms with Crippen LogP contribution in [0.25, 0.3) is 21.9 Å². The van der Waals surface area contributed by atoms with Gasteiger partial charge in [0.15, 0.2) is 11.3 Å². The van der Waals surface area contributed by atoms with E-state index in [2.05, 4.69) is 52.0 Å². The van der Waals surface area contributed by atoms with Crippen LogP contribution in [-0.4, -0.2) is 49.2 Å². The van der Waals surface area contributed by atoms with Gasteiger partial charge < -0.3 is 14.1 Å². The van der Waals surface area contributed by atoms with Gasteiger partial charge in [0, 0.05) is 49.2 Å². The van der Waals surface area contributed by atoms with Crippen molar-refractivity contribution < 1.29 is 9.15 Å². The first-order chi connectivity index (χ1) is 14.7. The van der Waals surface area contributed by atoms with Crippen molar-refractivity contribution in [1.29, 1.82) is 0 Å². The molecule has 0 bridgehead atoms. The third kappa shape index (κ3) is 3.39. The Morgan fingerprint density at radius 2 is 1.83 bits per heavy atom. The summed E-state index contributed by atoms with van der Waals surface area (Å²) >= 11 is 0. The average molecular weight is 402 g/mol. The van der Waals surface area contributed by atoms with E-state index < -0.39 is 0 Å². The maximum Gasteiger partial charge on any atom is 0.175 e. The number of aromatic nitrogens is 1. The molecule has 1 aliphatic heterocycles. The van der Waals surface area contributed by atoms with Gasteiger partial charge in [0.05, 0.1) is 24.6 Å². The van der Waals surface area contributed by atoms with Gasteiger partial charge in [-0.05, 0) is 37.1 Å². The van der Waals surface area contributed by atoms with E-state index in [0.29, 0.717) is 6.04 Å². The summed E-state index contributed by atoms with van der Waals surface area (Å²) in [6.07, 6.45) is 4.74. The van der Waals surface area contributed by atoms with E-state index in [1.807, 2.05) is 30.7 Å². The van der Waals surface area contributed by atoms with Gasteiger partial charge in [-0.1, -0.05) is 30.3 Å². The smallest absolute Gasteiger partial charge is 0.175 e. The van der Waals surface area contributed by atoms with E-state index in [0.717, 1.165) is 54.8 Å². The lowest BCUT2D eigenvalue weighted by Gasteiger charge is -2.39. The van der Waals surface area contributed by atoms with Gasteiger partial charge >= 0.3 is 0 Å². The first-order valence-corrected chi connectivity index (χ1v) is 10.6. The third-order valence-corrected chi connectivity index (χ3v) is 6.27. The van der Waals surface area contributed by atoms with Crippen LogP contribution in [0.2, 0.25) is 0 Å². The highest BCUT2D eigenvalue weighted by molar-refractivity contribution is 5.90. The second-order valence-corrected chi connectivity index (χ2v) is 8.03. The summed E-state index contributed by atoms with van der Waals surface area (Å²) in [6, 6.07) is 17.1. The van der Waals surface area contributed by atoms with E-state index in [-0.39, 0.29) is 0 Å². The summed E-state index contributed by atoms with van der Waals surface area (Å²) in [4.78, 5) is 9.67. The van der Waals surface area contributed by atoms with Gasteiger partial charge in [0.25, 0.3) is 0 Å². The largest absolute Gasteiger partial charge is 0.493 e. The number of methoxy groups -OCH3 is 1. The summed E-state index contributed by atoms with van der Waals surface area (Å²) in [7, 11) is 1.69. The van der Waals surface area contributed by atoms with Crippen molar-refractivity contribution in [3.05, 3.63) is 66.6 Å². The summed E-state index contributed by atoms with van der Waals surface area (Å²) in [5, 5.41) is 2.36. The Morgan fingerprint density at radius 1 is 1.03 bits per heavy atom. The zero-order valence-corrected chi connectivity index (χ0v) is 17.5. The number of anilines is 1. The minimum absolute atomic E-state index is 0.449. The fraction of sp³-hybridized carbons (Fsp3) is 0.320. The molecule has 0 amide bonds. The Labute approximate surface area is 176 Å². The molecule has 3 heterocycles. The van der Waals surface area contributed by atoms with Crippen molar-refractivity contribution in [3.8, 4) is 5.75 Å². The van der Waals surface area contributed by atoms with Crippen LogP contribution in [0.15, 0.2) is 65.4 Å².